The van der Waals surface area contributed by atoms with Crippen LogP contribution in [0.15, 0.2) is 33.5 Å². The van der Waals surface area contributed by atoms with Crippen molar-refractivity contribution in [3.8, 4) is 11.5 Å². The Morgan fingerprint density at radius 2 is 2.04 bits per heavy atom. The van der Waals surface area contributed by atoms with E-state index >= 15 is 0 Å². The van der Waals surface area contributed by atoms with Crippen molar-refractivity contribution in [2.75, 3.05) is 7.11 Å². The van der Waals surface area contributed by atoms with Crippen molar-refractivity contribution in [1.82, 2.24) is 4.98 Å². The number of fused-ring (bicyclic) bond motifs is 1. The first-order valence-corrected chi connectivity index (χ1v) is 9.88. The summed E-state index contributed by atoms with van der Waals surface area (Å²) in [4.78, 5) is 3.12. The van der Waals surface area contributed by atoms with E-state index in [0.717, 1.165) is 19.8 Å². The van der Waals surface area contributed by atoms with Crippen molar-refractivity contribution in [3.05, 3.63) is 33.5 Å². The number of rotatable bonds is 4. The number of hydrogen-bond donors (Lipinski definition) is 2. The Balaban J connectivity index is 0.00000118. The Hall–Kier alpha value is -0.220. The Morgan fingerprint density at radius 3 is 2.63 bits per heavy atom. The summed E-state index contributed by atoms with van der Waals surface area (Å²) in [7, 11) is 1.58. The van der Waals surface area contributed by atoms with Crippen LogP contribution >= 0.6 is 31.9 Å². The summed E-state index contributed by atoms with van der Waals surface area (Å²) in [6, 6.07) is 1.88. The molecule has 0 amide bonds. The predicted molar refractivity (Wildman–Crippen MR) is 105 cm³/mol. The minimum absolute atomic E-state index is 0. The molecule has 144 valence electrons. The third-order valence-corrected chi connectivity index (χ3v) is 5.22. The largest absolute Gasteiger partial charge is 1.00 e. The van der Waals surface area contributed by atoms with Crippen molar-refractivity contribution in [1.29, 1.82) is 0 Å². The molecule has 6 nitrogen and oxygen atoms in total. The maximum atomic E-state index is 11.4. The molecule has 3 unspecified atom stereocenters. The smallest absolute Gasteiger partial charge is 0.874 e. The summed E-state index contributed by atoms with van der Waals surface area (Å²) in [6.07, 6.45) is 0.0624. The number of benzene rings is 1. The van der Waals surface area contributed by atoms with Crippen molar-refractivity contribution < 1.29 is 54.0 Å². The average Bonchev–Trinajstić information content (AvgIpc) is 2.99. The number of methoxy groups -OCH3 is 1. The summed E-state index contributed by atoms with van der Waals surface area (Å²) >= 11 is 6.98. The number of H-pyrrole nitrogens is 1. The molecule has 27 heavy (non-hydrogen) atoms. The Bertz CT molecular complexity index is 783. The molecule has 1 fully saturated rings. The summed E-state index contributed by atoms with van der Waals surface area (Å²) in [6.45, 7) is 7.36. The molecule has 1 aliphatic rings. The SMILES string of the molecule is C=C([O-])C1CC(O)CC(Oc2c[nH]c3cc(Br)c(OC)c(Br)c23)O1.CC.[Na+]. The molecule has 2 aromatic rings. The molecule has 3 rings (SSSR count). The molecule has 0 radical (unpaired) electrons. The number of nitrogens with one attached hydrogen (secondary N) is 1. The van der Waals surface area contributed by atoms with Crippen LogP contribution < -0.4 is 44.1 Å². The zero-order valence-electron chi connectivity index (χ0n) is 15.8. The first-order chi connectivity index (χ1) is 12.4. The number of aromatic nitrogens is 1. The van der Waals surface area contributed by atoms with Gasteiger partial charge in [-0.2, -0.15) is 0 Å². The second-order valence-corrected chi connectivity index (χ2v) is 7.19. The minimum Gasteiger partial charge on any atom is -0.874 e. The van der Waals surface area contributed by atoms with Crippen LogP contribution in [0.2, 0.25) is 0 Å². The van der Waals surface area contributed by atoms with Crippen LogP contribution in [0.5, 0.6) is 11.5 Å². The topological polar surface area (TPSA) is 86.8 Å². The van der Waals surface area contributed by atoms with Gasteiger partial charge in [0, 0.05) is 19.0 Å². The fourth-order valence-corrected chi connectivity index (χ4v) is 4.38. The third kappa shape index (κ3) is 5.65. The van der Waals surface area contributed by atoms with Crippen molar-refractivity contribution >= 4 is 42.8 Å². The maximum absolute atomic E-state index is 11.4. The maximum Gasteiger partial charge on any atom is 1.00 e. The zero-order chi connectivity index (χ0) is 19.4. The fourth-order valence-electron chi connectivity index (χ4n) is 2.74. The van der Waals surface area contributed by atoms with Gasteiger partial charge in [0.15, 0.2) is 0 Å². The molecular weight excluding hydrogens is 493 g/mol. The van der Waals surface area contributed by atoms with Gasteiger partial charge in [0.2, 0.25) is 6.29 Å². The molecule has 0 bridgehead atoms. The standard InChI is InChI=1S/C16H17Br2NO5.C2H6.Na/c1-7(20)11-3-8(21)4-13(23-11)24-12-6-19-10-5-9(17)16(22-2)15(18)14(10)12;1-2;/h5-6,8,11,13,19-21H,1,3-4H2,2H3;1-2H3;/q;;+1/p-1. The predicted octanol–water partition coefficient (Wildman–Crippen LogP) is 0.850. The van der Waals surface area contributed by atoms with Crippen molar-refractivity contribution in [3.63, 3.8) is 0 Å². The second kappa shape index (κ2) is 11.1. The van der Waals surface area contributed by atoms with Crippen molar-refractivity contribution in [2.45, 2.75) is 45.2 Å². The summed E-state index contributed by atoms with van der Waals surface area (Å²) in [5, 5.41) is 22.2. The van der Waals surface area contributed by atoms with Crippen LogP contribution in [-0.4, -0.2) is 35.7 Å². The molecule has 1 aromatic carbocycles. The Morgan fingerprint density at radius 1 is 1.37 bits per heavy atom. The quantitative estimate of drug-likeness (QED) is 0.466. The van der Waals surface area contributed by atoms with Crippen LogP contribution in [0.1, 0.15) is 26.7 Å². The number of aromatic amines is 1. The average molecular weight is 515 g/mol. The van der Waals surface area contributed by atoms with Gasteiger partial charge in [0.25, 0.3) is 0 Å². The molecule has 1 aliphatic heterocycles. The van der Waals surface area contributed by atoms with E-state index in [1.54, 1.807) is 13.3 Å². The van der Waals surface area contributed by atoms with E-state index in [1.165, 1.54) is 0 Å². The molecular formula is C18H22Br2NNaO5. The van der Waals surface area contributed by atoms with Gasteiger partial charge in [-0.15, -0.1) is 12.3 Å². The molecule has 0 aliphatic carbocycles. The van der Waals surface area contributed by atoms with Crippen LogP contribution in [0.4, 0.5) is 0 Å². The van der Waals surface area contributed by atoms with E-state index in [1.807, 2.05) is 19.9 Å². The summed E-state index contributed by atoms with van der Waals surface area (Å²) < 4.78 is 18.4. The number of hydrogen-bond acceptors (Lipinski definition) is 5. The Labute approximate surface area is 197 Å². The van der Waals surface area contributed by atoms with E-state index in [4.69, 9.17) is 14.2 Å². The van der Waals surface area contributed by atoms with Crippen LogP contribution in [0.25, 0.3) is 10.9 Å². The first-order valence-electron chi connectivity index (χ1n) is 8.29. The monoisotopic (exact) mass is 513 g/mol. The third-order valence-electron chi connectivity index (χ3n) is 3.87. The van der Waals surface area contributed by atoms with Gasteiger partial charge in [-0.05, 0) is 37.9 Å². The summed E-state index contributed by atoms with van der Waals surface area (Å²) in [5.41, 5.74) is 0.839. The molecule has 3 atom stereocenters. The number of aliphatic hydroxyl groups is 1. The fraction of sp³-hybridized carbons (Fsp3) is 0.444. The van der Waals surface area contributed by atoms with E-state index < -0.39 is 18.5 Å². The van der Waals surface area contributed by atoms with E-state index in [-0.39, 0.29) is 48.2 Å². The molecule has 9 heteroatoms. The van der Waals surface area contributed by atoms with Gasteiger partial charge < -0.3 is 29.4 Å². The zero-order valence-corrected chi connectivity index (χ0v) is 21.0. The van der Waals surface area contributed by atoms with Crippen LogP contribution in [0, 0.1) is 0 Å². The van der Waals surface area contributed by atoms with E-state index in [2.05, 4.69) is 43.4 Å². The van der Waals surface area contributed by atoms with Gasteiger partial charge in [-0.3, -0.25) is 0 Å². The number of ether oxygens (including phenoxy) is 3. The van der Waals surface area contributed by atoms with Gasteiger partial charge in [0.1, 0.15) is 11.5 Å². The number of aliphatic hydroxyl groups excluding tert-OH is 1. The Kier molecular flexibility index (Phi) is 10.2. The number of halogens is 2. The van der Waals surface area contributed by atoms with Crippen LogP contribution in [-0.2, 0) is 4.74 Å². The van der Waals surface area contributed by atoms with E-state index in [0.29, 0.717) is 11.5 Å². The molecule has 0 spiro atoms. The first kappa shape index (κ1) is 24.8. The van der Waals surface area contributed by atoms with Crippen molar-refractivity contribution in [2.24, 2.45) is 0 Å². The van der Waals surface area contributed by atoms with Gasteiger partial charge in [-0.25, -0.2) is 0 Å². The normalized spacial score (nSPS) is 21.6. The van der Waals surface area contributed by atoms with Gasteiger partial charge >= 0.3 is 29.6 Å². The van der Waals surface area contributed by atoms with E-state index in [9.17, 15) is 10.2 Å². The van der Waals surface area contributed by atoms with Crippen LogP contribution in [0.3, 0.4) is 0 Å². The molecule has 1 aromatic heterocycles. The second-order valence-electron chi connectivity index (χ2n) is 5.54. The molecule has 0 saturated carbocycles. The molecule has 2 heterocycles. The summed E-state index contributed by atoms with van der Waals surface area (Å²) in [5.74, 6) is 0.812. The van der Waals surface area contributed by atoms with Gasteiger partial charge in [-0.1, -0.05) is 13.8 Å². The molecule has 1 saturated heterocycles. The molecule has 2 N–H and O–H groups in total. The van der Waals surface area contributed by atoms with Gasteiger partial charge in [0.05, 0.1) is 39.2 Å². The minimum atomic E-state index is -0.754.